The van der Waals surface area contributed by atoms with Crippen LogP contribution in [0, 0.1) is 5.41 Å². The minimum absolute atomic E-state index is 0.0676. The zero-order valence-electron chi connectivity index (χ0n) is 9.48. The number of hydrogen-bond donors (Lipinski definition) is 1. The Labute approximate surface area is 90.5 Å². The van der Waals surface area contributed by atoms with E-state index in [1.807, 2.05) is 20.8 Å². The van der Waals surface area contributed by atoms with Crippen LogP contribution in [0.3, 0.4) is 0 Å². The summed E-state index contributed by atoms with van der Waals surface area (Å²) in [4.78, 5) is 0. The molecule has 1 aromatic heterocycles. The number of H-pyrrole nitrogens is 1. The average Bonchev–Trinajstić information content (AvgIpc) is 2.52. The Kier molecular flexibility index (Phi) is 3.20. The van der Waals surface area contributed by atoms with Crippen molar-refractivity contribution in [2.45, 2.75) is 25.8 Å². The topological polar surface area (TPSA) is 66.1 Å². The van der Waals surface area contributed by atoms with Crippen molar-refractivity contribution in [3.8, 4) is 0 Å². The molecule has 15 heavy (non-hydrogen) atoms. The van der Waals surface area contributed by atoms with E-state index in [-0.39, 0.29) is 10.4 Å². The second-order valence-corrected chi connectivity index (χ2v) is 6.76. The quantitative estimate of drug-likeness (QED) is 0.846. The van der Waals surface area contributed by atoms with Gasteiger partial charge in [0.15, 0.2) is 5.03 Å². The van der Waals surface area contributed by atoms with Gasteiger partial charge < -0.3 is 0 Å². The van der Waals surface area contributed by atoms with Crippen LogP contribution in [0.4, 0.5) is 0 Å². The molecule has 0 bridgehead atoms. The van der Waals surface area contributed by atoms with Crippen LogP contribution >= 0.6 is 0 Å². The summed E-state index contributed by atoms with van der Waals surface area (Å²) >= 11 is 0. The molecule has 1 aromatic rings. The maximum absolute atomic E-state index is 11.9. The third-order valence-corrected chi connectivity index (χ3v) is 3.59. The molecule has 0 aliphatic rings. The number of nitrogens with zero attached hydrogens (tertiary/aromatic N) is 2. The van der Waals surface area contributed by atoms with Crippen LogP contribution in [-0.4, -0.2) is 36.5 Å². The highest BCUT2D eigenvalue weighted by Gasteiger charge is 2.25. The molecule has 1 N–H and O–H groups in total. The molecule has 86 valence electrons. The lowest BCUT2D eigenvalue weighted by Crippen LogP contribution is -2.34. The van der Waals surface area contributed by atoms with Crippen LogP contribution in [0.5, 0.6) is 0 Å². The second kappa shape index (κ2) is 3.94. The predicted molar refractivity (Wildman–Crippen MR) is 57.9 cm³/mol. The first kappa shape index (κ1) is 12.2. The van der Waals surface area contributed by atoms with Crippen LogP contribution in [0.2, 0.25) is 0 Å². The summed E-state index contributed by atoms with van der Waals surface area (Å²) in [6, 6.07) is 1.45. The van der Waals surface area contributed by atoms with Gasteiger partial charge >= 0.3 is 0 Å². The number of rotatable bonds is 3. The van der Waals surface area contributed by atoms with Crippen molar-refractivity contribution in [1.82, 2.24) is 14.5 Å². The number of nitrogens with one attached hydrogen (secondary N) is 1. The van der Waals surface area contributed by atoms with Gasteiger partial charge in [0.25, 0.3) is 10.0 Å². The van der Waals surface area contributed by atoms with Gasteiger partial charge in [-0.1, -0.05) is 20.8 Å². The lowest BCUT2D eigenvalue weighted by molar-refractivity contribution is 0.310. The van der Waals surface area contributed by atoms with Gasteiger partial charge in [0, 0.05) is 13.6 Å². The molecular weight excluding hydrogens is 214 g/mol. The van der Waals surface area contributed by atoms with Gasteiger partial charge in [0.05, 0.1) is 6.20 Å². The molecule has 0 unspecified atom stereocenters. The zero-order valence-corrected chi connectivity index (χ0v) is 10.3. The van der Waals surface area contributed by atoms with Crippen LogP contribution < -0.4 is 0 Å². The van der Waals surface area contributed by atoms with Crippen LogP contribution in [0.15, 0.2) is 17.3 Å². The molecule has 0 spiro atoms. The van der Waals surface area contributed by atoms with Crippen LogP contribution in [0.25, 0.3) is 0 Å². The van der Waals surface area contributed by atoms with E-state index in [1.54, 1.807) is 7.05 Å². The Bertz CT molecular complexity index is 403. The third kappa shape index (κ3) is 3.04. The Morgan fingerprint density at radius 2 is 2.07 bits per heavy atom. The van der Waals surface area contributed by atoms with Crippen molar-refractivity contribution < 1.29 is 8.42 Å². The Hall–Kier alpha value is -0.880. The van der Waals surface area contributed by atoms with E-state index in [4.69, 9.17) is 0 Å². The van der Waals surface area contributed by atoms with Gasteiger partial charge in [-0.3, -0.25) is 5.10 Å². The maximum Gasteiger partial charge on any atom is 0.259 e. The molecule has 6 heteroatoms. The molecule has 0 aliphatic carbocycles. The SMILES string of the molecule is CN(CC(C)(C)C)S(=O)(=O)c1ccn[nH]1. The van der Waals surface area contributed by atoms with Crippen molar-refractivity contribution >= 4 is 10.0 Å². The first-order chi connectivity index (χ1) is 6.73. The third-order valence-electron chi connectivity index (χ3n) is 1.86. The fourth-order valence-corrected chi connectivity index (χ4v) is 2.60. The molecule has 5 nitrogen and oxygen atoms in total. The standard InChI is InChI=1S/C9H17N3O2S/c1-9(2,3)7-12(4)15(13,14)8-5-6-10-11-8/h5-6H,7H2,1-4H3,(H,10,11). The molecule has 0 fully saturated rings. The number of aromatic nitrogens is 2. The van der Waals surface area contributed by atoms with Gasteiger partial charge in [-0.25, -0.2) is 8.42 Å². The molecule has 1 rings (SSSR count). The molecule has 0 saturated heterocycles. The lowest BCUT2D eigenvalue weighted by Gasteiger charge is -2.25. The van der Waals surface area contributed by atoms with E-state index < -0.39 is 10.0 Å². The van der Waals surface area contributed by atoms with Crippen LogP contribution in [-0.2, 0) is 10.0 Å². The minimum atomic E-state index is -3.41. The summed E-state index contributed by atoms with van der Waals surface area (Å²) < 4.78 is 25.2. The van der Waals surface area contributed by atoms with Crippen molar-refractivity contribution in [2.24, 2.45) is 5.41 Å². The summed E-state index contributed by atoms with van der Waals surface area (Å²) in [6.45, 7) is 6.44. The monoisotopic (exact) mass is 231 g/mol. The lowest BCUT2D eigenvalue weighted by atomic mass is 9.97. The molecule has 0 aliphatic heterocycles. The van der Waals surface area contributed by atoms with E-state index in [0.717, 1.165) is 0 Å². The van der Waals surface area contributed by atoms with Gasteiger partial charge in [-0.2, -0.15) is 9.40 Å². The smallest absolute Gasteiger partial charge is 0.259 e. The van der Waals surface area contributed by atoms with E-state index in [9.17, 15) is 8.42 Å². The van der Waals surface area contributed by atoms with Crippen molar-refractivity contribution in [3.05, 3.63) is 12.3 Å². The fourth-order valence-electron chi connectivity index (χ4n) is 1.31. The molecule has 0 aromatic carbocycles. The minimum Gasteiger partial charge on any atom is -0.266 e. The van der Waals surface area contributed by atoms with Gasteiger partial charge in [-0.15, -0.1) is 0 Å². The van der Waals surface area contributed by atoms with Crippen molar-refractivity contribution in [3.63, 3.8) is 0 Å². The number of hydrogen-bond acceptors (Lipinski definition) is 3. The van der Waals surface area contributed by atoms with Gasteiger partial charge in [0.2, 0.25) is 0 Å². The maximum atomic E-state index is 11.9. The predicted octanol–water partition coefficient (Wildman–Crippen LogP) is 1.08. The summed E-state index contributed by atoms with van der Waals surface area (Å²) in [5.74, 6) is 0. The van der Waals surface area contributed by atoms with Crippen LogP contribution in [0.1, 0.15) is 20.8 Å². The first-order valence-corrected chi connectivity index (χ1v) is 6.13. The van der Waals surface area contributed by atoms with E-state index >= 15 is 0 Å². The Morgan fingerprint density at radius 1 is 1.47 bits per heavy atom. The van der Waals surface area contributed by atoms with E-state index in [1.165, 1.54) is 16.6 Å². The fraction of sp³-hybridized carbons (Fsp3) is 0.667. The average molecular weight is 231 g/mol. The van der Waals surface area contributed by atoms with Gasteiger partial charge in [-0.05, 0) is 11.5 Å². The molecule has 0 saturated carbocycles. The summed E-state index contributed by atoms with van der Waals surface area (Å²) in [5, 5.41) is 6.23. The second-order valence-electron chi connectivity index (χ2n) is 4.74. The molecule has 0 radical (unpaired) electrons. The summed E-state index contributed by atoms with van der Waals surface area (Å²) in [6.07, 6.45) is 1.43. The van der Waals surface area contributed by atoms with Crippen molar-refractivity contribution in [2.75, 3.05) is 13.6 Å². The molecule has 0 amide bonds. The highest BCUT2D eigenvalue weighted by molar-refractivity contribution is 7.89. The first-order valence-electron chi connectivity index (χ1n) is 4.69. The van der Waals surface area contributed by atoms with Crippen molar-refractivity contribution in [1.29, 1.82) is 0 Å². The van der Waals surface area contributed by atoms with E-state index in [0.29, 0.717) is 6.54 Å². The Balaban J connectivity index is 2.89. The highest BCUT2D eigenvalue weighted by Crippen LogP contribution is 2.19. The largest absolute Gasteiger partial charge is 0.266 e. The van der Waals surface area contributed by atoms with Gasteiger partial charge in [0.1, 0.15) is 0 Å². The molecular formula is C9H17N3O2S. The highest BCUT2D eigenvalue weighted by atomic mass is 32.2. The molecule has 1 heterocycles. The molecule has 0 atom stereocenters. The zero-order chi connectivity index (χ0) is 11.7. The number of sulfonamides is 1. The summed E-state index contributed by atoms with van der Waals surface area (Å²) in [7, 11) is -1.84. The normalized spacial score (nSPS) is 13.4. The number of aromatic amines is 1. The summed E-state index contributed by atoms with van der Waals surface area (Å²) in [5.41, 5.74) is -0.0676. The Morgan fingerprint density at radius 3 is 2.47 bits per heavy atom. The van der Waals surface area contributed by atoms with E-state index in [2.05, 4.69) is 10.2 Å².